The summed E-state index contributed by atoms with van der Waals surface area (Å²) in [4.78, 5) is 2.13. The van der Waals surface area contributed by atoms with Crippen LogP contribution in [0.1, 0.15) is 11.8 Å². The average Bonchev–Trinajstić information content (AvgIpc) is 3.18. The number of nitrogens with zero attached hydrogens (tertiary/aromatic N) is 1. The van der Waals surface area contributed by atoms with Crippen LogP contribution in [0.5, 0.6) is 23.0 Å². The van der Waals surface area contributed by atoms with Gasteiger partial charge in [-0.2, -0.15) is 0 Å². The van der Waals surface area contributed by atoms with Crippen LogP contribution in [0.25, 0.3) is 21.9 Å². The summed E-state index contributed by atoms with van der Waals surface area (Å²) in [6, 6.07) is 12.3. The van der Waals surface area contributed by atoms with Crippen molar-refractivity contribution in [3.05, 3.63) is 42.0 Å². The van der Waals surface area contributed by atoms with Gasteiger partial charge in [-0.25, -0.2) is 0 Å². The van der Waals surface area contributed by atoms with Gasteiger partial charge in [-0.3, -0.25) is 0 Å². The highest BCUT2D eigenvalue weighted by Crippen LogP contribution is 2.53. The molecule has 1 atom stereocenters. The van der Waals surface area contributed by atoms with Crippen molar-refractivity contribution in [3.63, 3.8) is 0 Å². The molecule has 0 spiro atoms. The Hall–Kier alpha value is -3.12. The van der Waals surface area contributed by atoms with Crippen LogP contribution in [-0.2, 0) is 4.74 Å². The van der Waals surface area contributed by atoms with E-state index in [0.29, 0.717) is 11.5 Å². The van der Waals surface area contributed by atoms with E-state index in [-0.39, 0.29) is 13.0 Å². The molecule has 0 saturated heterocycles. The van der Waals surface area contributed by atoms with Gasteiger partial charge in [-0.1, -0.05) is 12.1 Å². The Morgan fingerprint density at radius 2 is 1.68 bits per heavy atom. The van der Waals surface area contributed by atoms with E-state index in [2.05, 4.69) is 23.1 Å². The Kier molecular flexibility index (Phi) is 3.77. The summed E-state index contributed by atoms with van der Waals surface area (Å²) in [5, 5.41) is 2.18. The highest BCUT2D eigenvalue weighted by molar-refractivity contribution is 6.05. The highest BCUT2D eigenvalue weighted by atomic mass is 16.7. The van der Waals surface area contributed by atoms with Crippen molar-refractivity contribution in [2.24, 2.45) is 0 Å². The van der Waals surface area contributed by atoms with Crippen LogP contribution < -0.4 is 23.8 Å². The fraction of sp³-hybridized carbons (Fsp3) is 0.273. The molecule has 3 aromatic rings. The first-order valence-corrected chi connectivity index (χ1v) is 9.05. The van der Waals surface area contributed by atoms with Gasteiger partial charge in [0.05, 0.1) is 25.5 Å². The zero-order chi connectivity index (χ0) is 19.4. The minimum Gasteiger partial charge on any atom is -0.493 e. The van der Waals surface area contributed by atoms with Crippen LogP contribution in [0.2, 0.25) is 0 Å². The van der Waals surface area contributed by atoms with Crippen molar-refractivity contribution in [1.29, 1.82) is 0 Å². The van der Waals surface area contributed by atoms with Gasteiger partial charge in [0, 0.05) is 25.1 Å². The van der Waals surface area contributed by atoms with Crippen molar-refractivity contribution in [2.75, 3.05) is 40.1 Å². The molecule has 28 heavy (non-hydrogen) atoms. The first-order chi connectivity index (χ1) is 13.7. The van der Waals surface area contributed by atoms with Gasteiger partial charge in [-0.15, -0.1) is 0 Å². The molecule has 6 heteroatoms. The summed E-state index contributed by atoms with van der Waals surface area (Å²) in [6.07, 6.45) is -0.316. The number of hydrogen-bond donors (Lipinski definition) is 0. The predicted molar refractivity (Wildman–Crippen MR) is 107 cm³/mol. The standard InChI is InChI=1S/C22H21NO5/c1-23-20-14(6-5-12-9-17-18(10-15(12)20)28-11-27-17)13-7-8-16(24-2)21(25-3)19(13)22(23)26-4/h5-10,22H,11H2,1-4H3/t22-/m0/s1. The maximum absolute atomic E-state index is 5.90. The molecule has 2 heterocycles. The van der Waals surface area contributed by atoms with E-state index in [1.165, 1.54) is 0 Å². The first-order valence-electron chi connectivity index (χ1n) is 9.05. The highest BCUT2D eigenvalue weighted by Gasteiger charge is 2.34. The molecule has 0 N–H and O–H groups in total. The van der Waals surface area contributed by atoms with Crippen molar-refractivity contribution in [3.8, 4) is 34.1 Å². The summed E-state index contributed by atoms with van der Waals surface area (Å²) >= 11 is 0. The number of ether oxygens (including phenoxy) is 5. The molecule has 0 saturated carbocycles. The predicted octanol–water partition coefficient (Wildman–Crippen LogP) is 4.35. The molecule has 144 valence electrons. The maximum Gasteiger partial charge on any atom is 0.231 e. The summed E-state index contributed by atoms with van der Waals surface area (Å²) in [7, 11) is 7.03. The molecule has 6 nitrogen and oxygen atoms in total. The zero-order valence-electron chi connectivity index (χ0n) is 16.2. The van der Waals surface area contributed by atoms with Gasteiger partial charge < -0.3 is 28.6 Å². The normalized spacial score (nSPS) is 16.7. The molecule has 0 aromatic heterocycles. The first kappa shape index (κ1) is 17.0. The number of hydrogen-bond acceptors (Lipinski definition) is 6. The number of benzene rings is 3. The molecule has 0 radical (unpaired) electrons. The molecule has 0 unspecified atom stereocenters. The van der Waals surface area contributed by atoms with Crippen LogP contribution in [0.4, 0.5) is 5.69 Å². The maximum atomic E-state index is 5.90. The molecule has 0 aliphatic carbocycles. The third kappa shape index (κ3) is 2.18. The van der Waals surface area contributed by atoms with Crippen LogP contribution in [0.15, 0.2) is 36.4 Å². The van der Waals surface area contributed by atoms with Crippen molar-refractivity contribution < 1.29 is 23.7 Å². The lowest BCUT2D eigenvalue weighted by atomic mass is 9.88. The lowest BCUT2D eigenvalue weighted by Crippen LogP contribution is -2.30. The fourth-order valence-electron chi connectivity index (χ4n) is 4.31. The topological polar surface area (TPSA) is 49.4 Å². The number of methoxy groups -OCH3 is 3. The molecular weight excluding hydrogens is 358 g/mol. The second-order valence-electron chi connectivity index (χ2n) is 6.85. The Labute approximate surface area is 163 Å². The van der Waals surface area contributed by atoms with Gasteiger partial charge in [0.1, 0.15) is 0 Å². The molecular formula is C22H21NO5. The molecule has 2 aliphatic heterocycles. The number of anilines is 1. The Morgan fingerprint density at radius 1 is 0.929 bits per heavy atom. The minimum absolute atomic E-state index is 0.254. The van der Waals surface area contributed by atoms with E-state index in [0.717, 1.165) is 44.6 Å². The molecule has 3 aromatic carbocycles. The van der Waals surface area contributed by atoms with Crippen LogP contribution in [-0.4, -0.2) is 35.2 Å². The Balaban J connectivity index is 1.84. The summed E-state index contributed by atoms with van der Waals surface area (Å²) < 4.78 is 28.3. The van der Waals surface area contributed by atoms with E-state index in [9.17, 15) is 0 Å². The Bertz CT molecular complexity index is 1090. The third-order valence-electron chi connectivity index (χ3n) is 5.53. The van der Waals surface area contributed by atoms with Crippen LogP contribution in [0.3, 0.4) is 0 Å². The largest absolute Gasteiger partial charge is 0.493 e. The Morgan fingerprint density at radius 3 is 2.39 bits per heavy atom. The van der Waals surface area contributed by atoms with E-state index < -0.39 is 0 Å². The zero-order valence-corrected chi connectivity index (χ0v) is 16.2. The molecule has 2 aliphatic rings. The van der Waals surface area contributed by atoms with Crippen LogP contribution in [0, 0.1) is 0 Å². The summed E-state index contributed by atoms with van der Waals surface area (Å²) in [5.74, 6) is 2.92. The van der Waals surface area contributed by atoms with Gasteiger partial charge in [-0.05, 0) is 35.2 Å². The molecule has 5 rings (SSSR count). The lowest BCUT2D eigenvalue weighted by molar-refractivity contribution is 0.101. The smallest absolute Gasteiger partial charge is 0.231 e. The van der Waals surface area contributed by atoms with E-state index in [1.807, 2.05) is 25.2 Å². The fourth-order valence-corrected chi connectivity index (χ4v) is 4.31. The quantitative estimate of drug-likeness (QED) is 0.674. The second-order valence-corrected chi connectivity index (χ2v) is 6.85. The second kappa shape index (κ2) is 6.21. The summed E-state index contributed by atoms with van der Waals surface area (Å²) in [5.41, 5.74) is 4.22. The minimum atomic E-state index is -0.316. The van der Waals surface area contributed by atoms with Gasteiger partial charge in [0.2, 0.25) is 6.79 Å². The number of rotatable bonds is 3. The van der Waals surface area contributed by atoms with Gasteiger partial charge in [0.15, 0.2) is 29.2 Å². The van der Waals surface area contributed by atoms with Gasteiger partial charge in [0.25, 0.3) is 0 Å². The molecule has 0 fully saturated rings. The molecule has 0 amide bonds. The summed E-state index contributed by atoms with van der Waals surface area (Å²) in [6.45, 7) is 0.254. The SMILES string of the molecule is COc1ccc2c(c1OC)[C@H](OC)N(C)c1c-2ccc2cc3c(cc12)OCO3. The van der Waals surface area contributed by atoms with Crippen molar-refractivity contribution in [1.82, 2.24) is 0 Å². The van der Waals surface area contributed by atoms with E-state index >= 15 is 0 Å². The van der Waals surface area contributed by atoms with Crippen molar-refractivity contribution >= 4 is 16.5 Å². The number of fused-ring (bicyclic) bond motifs is 6. The third-order valence-corrected chi connectivity index (χ3v) is 5.53. The average molecular weight is 379 g/mol. The van der Waals surface area contributed by atoms with Crippen molar-refractivity contribution in [2.45, 2.75) is 6.23 Å². The van der Waals surface area contributed by atoms with E-state index in [4.69, 9.17) is 23.7 Å². The van der Waals surface area contributed by atoms with Gasteiger partial charge >= 0.3 is 0 Å². The van der Waals surface area contributed by atoms with E-state index in [1.54, 1.807) is 21.3 Å². The lowest BCUT2D eigenvalue weighted by Gasteiger charge is -2.38. The molecule has 0 bridgehead atoms. The monoisotopic (exact) mass is 379 g/mol. The van der Waals surface area contributed by atoms with Crippen LogP contribution >= 0.6 is 0 Å².